The minimum absolute atomic E-state index is 0.520. The number of nitrogens with zero attached hydrogens (tertiary/aromatic N) is 1. The Bertz CT molecular complexity index is 393. The van der Waals surface area contributed by atoms with Gasteiger partial charge >= 0.3 is 0 Å². The van der Waals surface area contributed by atoms with E-state index in [0.717, 1.165) is 12.5 Å². The lowest BCUT2D eigenvalue weighted by Gasteiger charge is -2.53. The van der Waals surface area contributed by atoms with E-state index in [2.05, 4.69) is 42.2 Å². The molecular formula is C18H27N. The Morgan fingerprint density at radius 2 is 1.79 bits per heavy atom. The summed E-state index contributed by atoms with van der Waals surface area (Å²) in [6.45, 7) is 4.97. The van der Waals surface area contributed by atoms with Crippen LogP contribution in [0.1, 0.15) is 57.4 Å². The first kappa shape index (κ1) is 13.2. The van der Waals surface area contributed by atoms with Crippen molar-refractivity contribution in [2.45, 2.75) is 64.0 Å². The van der Waals surface area contributed by atoms with Crippen LogP contribution in [0.3, 0.4) is 0 Å². The molecule has 1 heteroatoms. The lowest BCUT2D eigenvalue weighted by Crippen LogP contribution is -2.56. The SMILES string of the molecule is C[C@@H]1CCCC[C@@]12CCCCN2Cc1ccccc1. The van der Waals surface area contributed by atoms with Crippen molar-refractivity contribution in [3.8, 4) is 0 Å². The summed E-state index contributed by atoms with van der Waals surface area (Å²) in [5.74, 6) is 0.880. The van der Waals surface area contributed by atoms with Crippen LogP contribution in [0.25, 0.3) is 0 Å². The van der Waals surface area contributed by atoms with Crippen molar-refractivity contribution in [1.82, 2.24) is 4.90 Å². The molecule has 1 heterocycles. The summed E-state index contributed by atoms with van der Waals surface area (Å²) < 4.78 is 0. The number of likely N-dealkylation sites (tertiary alicyclic amines) is 1. The molecule has 0 radical (unpaired) electrons. The van der Waals surface area contributed by atoms with Crippen molar-refractivity contribution < 1.29 is 0 Å². The monoisotopic (exact) mass is 257 g/mol. The quantitative estimate of drug-likeness (QED) is 0.747. The summed E-state index contributed by atoms with van der Waals surface area (Å²) in [6.07, 6.45) is 10.0. The van der Waals surface area contributed by atoms with Crippen LogP contribution < -0.4 is 0 Å². The van der Waals surface area contributed by atoms with E-state index in [-0.39, 0.29) is 0 Å². The Morgan fingerprint density at radius 3 is 2.58 bits per heavy atom. The highest BCUT2D eigenvalue weighted by molar-refractivity contribution is 5.15. The highest BCUT2D eigenvalue weighted by Crippen LogP contribution is 2.44. The van der Waals surface area contributed by atoms with Gasteiger partial charge in [0.05, 0.1) is 0 Å². The van der Waals surface area contributed by atoms with E-state index in [1.165, 1.54) is 57.1 Å². The fourth-order valence-electron chi connectivity index (χ4n) is 4.39. The van der Waals surface area contributed by atoms with E-state index in [1.54, 1.807) is 0 Å². The maximum atomic E-state index is 2.83. The molecule has 2 atom stereocenters. The first-order chi connectivity index (χ1) is 9.31. The Kier molecular flexibility index (Phi) is 3.93. The third-order valence-electron chi connectivity index (χ3n) is 5.55. The average molecular weight is 257 g/mol. The number of hydrogen-bond acceptors (Lipinski definition) is 1. The van der Waals surface area contributed by atoms with E-state index in [0.29, 0.717) is 5.54 Å². The van der Waals surface area contributed by atoms with Gasteiger partial charge < -0.3 is 0 Å². The number of benzene rings is 1. The van der Waals surface area contributed by atoms with E-state index in [1.807, 2.05) is 0 Å². The van der Waals surface area contributed by atoms with Crippen molar-refractivity contribution in [2.75, 3.05) is 6.54 Å². The average Bonchev–Trinajstić information content (AvgIpc) is 2.46. The molecule has 0 unspecified atom stereocenters. The van der Waals surface area contributed by atoms with Crippen LogP contribution in [-0.4, -0.2) is 17.0 Å². The largest absolute Gasteiger partial charge is 0.293 e. The maximum absolute atomic E-state index is 2.83. The van der Waals surface area contributed by atoms with Crippen molar-refractivity contribution in [3.05, 3.63) is 35.9 Å². The fraction of sp³-hybridized carbons (Fsp3) is 0.667. The zero-order chi connectivity index (χ0) is 13.1. The molecule has 19 heavy (non-hydrogen) atoms. The predicted molar refractivity (Wildman–Crippen MR) is 81.1 cm³/mol. The van der Waals surface area contributed by atoms with Gasteiger partial charge in [-0.25, -0.2) is 0 Å². The van der Waals surface area contributed by atoms with Gasteiger partial charge in [0.2, 0.25) is 0 Å². The minimum Gasteiger partial charge on any atom is -0.293 e. The van der Waals surface area contributed by atoms with Gasteiger partial charge in [-0.2, -0.15) is 0 Å². The second kappa shape index (κ2) is 5.66. The molecule has 1 saturated carbocycles. The van der Waals surface area contributed by atoms with E-state index >= 15 is 0 Å². The molecule has 1 aliphatic heterocycles. The van der Waals surface area contributed by atoms with Crippen LogP contribution in [-0.2, 0) is 6.54 Å². The number of piperidine rings is 1. The Labute approximate surface area is 118 Å². The van der Waals surface area contributed by atoms with Crippen LogP contribution in [0.2, 0.25) is 0 Å². The summed E-state index contributed by atoms with van der Waals surface area (Å²) >= 11 is 0. The topological polar surface area (TPSA) is 3.24 Å². The zero-order valence-corrected chi connectivity index (χ0v) is 12.3. The lowest BCUT2D eigenvalue weighted by atomic mass is 9.68. The number of hydrogen-bond donors (Lipinski definition) is 0. The molecule has 0 amide bonds. The molecule has 104 valence electrons. The summed E-state index contributed by atoms with van der Waals surface area (Å²) in [6, 6.07) is 11.1. The van der Waals surface area contributed by atoms with Crippen molar-refractivity contribution >= 4 is 0 Å². The highest BCUT2D eigenvalue weighted by atomic mass is 15.2. The third-order valence-corrected chi connectivity index (χ3v) is 5.55. The standard InChI is InChI=1S/C18H27N/c1-16-9-5-6-12-18(16)13-7-8-14-19(18)15-17-10-3-2-4-11-17/h2-4,10-11,16H,5-9,12-15H2,1H3/t16-,18-/m1/s1. The maximum Gasteiger partial charge on any atom is 0.0239 e. The molecule has 1 aromatic rings. The molecule has 1 aromatic carbocycles. The molecule has 0 bridgehead atoms. The Hall–Kier alpha value is -0.820. The zero-order valence-electron chi connectivity index (χ0n) is 12.3. The van der Waals surface area contributed by atoms with Crippen molar-refractivity contribution in [3.63, 3.8) is 0 Å². The third kappa shape index (κ3) is 2.58. The minimum atomic E-state index is 0.520. The van der Waals surface area contributed by atoms with Gasteiger partial charge in [0, 0.05) is 12.1 Å². The van der Waals surface area contributed by atoms with E-state index in [4.69, 9.17) is 0 Å². The van der Waals surface area contributed by atoms with Gasteiger partial charge in [-0.1, -0.05) is 56.5 Å². The molecule has 1 saturated heterocycles. The highest BCUT2D eigenvalue weighted by Gasteiger charge is 2.43. The summed E-state index contributed by atoms with van der Waals surface area (Å²) in [4.78, 5) is 2.83. The fourth-order valence-corrected chi connectivity index (χ4v) is 4.39. The normalized spacial score (nSPS) is 32.6. The molecule has 1 spiro atoms. The smallest absolute Gasteiger partial charge is 0.0239 e. The second-order valence-electron chi connectivity index (χ2n) is 6.61. The first-order valence-corrected chi connectivity index (χ1v) is 8.10. The predicted octanol–water partition coefficient (Wildman–Crippen LogP) is 4.62. The molecule has 1 nitrogen and oxygen atoms in total. The van der Waals surface area contributed by atoms with Gasteiger partial charge in [-0.15, -0.1) is 0 Å². The van der Waals surface area contributed by atoms with Gasteiger partial charge in [0.15, 0.2) is 0 Å². The van der Waals surface area contributed by atoms with Crippen LogP contribution in [0.15, 0.2) is 30.3 Å². The van der Waals surface area contributed by atoms with Gasteiger partial charge in [0.1, 0.15) is 0 Å². The summed E-state index contributed by atoms with van der Waals surface area (Å²) in [5.41, 5.74) is 2.01. The molecule has 2 fully saturated rings. The summed E-state index contributed by atoms with van der Waals surface area (Å²) in [7, 11) is 0. The Morgan fingerprint density at radius 1 is 1.05 bits per heavy atom. The lowest BCUT2D eigenvalue weighted by molar-refractivity contribution is -0.0301. The summed E-state index contributed by atoms with van der Waals surface area (Å²) in [5, 5.41) is 0. The van der Waals surface area contributed by atoms with Crippen molar-refractivity contribution in [1.29, 1.82) is 0 Å². The van der Waals surface area contributed by atoms with Crippen molar-refractivity contribution in [2.24, 2.45) is 5.92 Å². The number of rotatable bonds is 2. The molecule has 3 rings (SSSR count). The van der Waals surface area contributed by atoms with E-state index in [9.17, 15) is 0 Å². The van der Waals surface area contributed by atoms with Gasteiger partial charge in [-0.3, -0.25) is 4.90 Å². The molecule has 0 aromatic heterocycles. The molecule has 1 aliphatic carbocycles. The van der Waals surface area contributed by atoms with E-state index < -0.39 is 0 Å². The van der Waals surface area contributed by atoms with Gasteiger partial charge in [-0.05, 0) is 43.7 Å². The first-order valence-electron chi connectivity index (χ1n) is 8.10. The van der Waals surface area contributed by atoms with Crippen LogP contribution >= 0.6 is 0 Å². The molecule has 2 aliphatic rings. The second-order valence-corrected chi connectivity index (χ2v) is 6.61. The molecule has 0 N–H and O–H groups in total. The Balaban J connectivity index is 1.80. The van der Waals surface area contributed by atoms with Gasteiger partial charge in [0.25, 0.3) is 0 Å². The van der Waals surface area contributed by atoms with Crippen LogP contribution in [0.4, 0.5) is 0 Å². The van der Waals surface area contributed by atoms with Crippen LogP contribution in [0.5, 0.6) is 0 Å². The molecular weight excluding hydrogens is 230 g/mol. The van der Waals surface area contributed by atoms with Crippen LogP contribution in [0, 0.1) is 5.92 Å².